The summed E-state index contributed by atoms with van der Waals surface area (Å²) in [6.45, 7) is 5.23. The maximum atomic E-state index is 5.61. The molecule has 1 atom stereocenters. The molecule has 2 rings (SSSR count). The van der Waals surface area contributed by atoms with Gasteiger partial charge in [-0.1, -0.05) is 13.8 Å². The van der Waals surface area contributed by atoms with Crippen LogP contribution in [0.2, 0.25) is 0 Å². The minimum absolute atomic E-state index is 0.318. The maximum Gasteiger partial charge on any atom is 0.212 e. The van der Waals surface area contributed by atoms with E-state index >= 15 is 0 Å². The van der Waals surface area contributed by atoms with Gasteiger partial charge in [-0.25, -0.2) is 4.68 Å². The van der Waals surface area contributed by atoms with Gasteiger partial charge in [-0.2, -0.15) is 5.10 Å². The van der Waals surface area contributed by atoms with Gasteiger partial charge in [-0.15, -0.1) is 0 Å². The lowest BCUT2D eigenvalue weighted by Gasteiger charge is -2.12. The van der Waals surface area contributed by atoms with Gasteiger partial charge >= 0.3 is 0 Å². The lowest BCUT2D eigenvalue weighted by Crippen LogP contribution is -2.21. The molecule has 1 unspecified atom stereocenters. The van der Waals surface area contributed by atoms with E-state index in [1.54, 1.807) is 6.20 Å². The first kappa shape index (κ1) is 6.70. The van der Waals surface area contributed by atoms with Gasteiger partial charge in [0.15, 0.2) is 0 Å². The summed E-state index contributed by atoms with van der Waals surface area (Å²) in [5, 5.41) is 4.12. The SMILES string of the molecule is CC(C)C1Cn2nccc2O1. The molecule has 0 fully saturated rings. The van der Waals surface area contributed by atoms with E-state index in [1.165, 1.54) is 0 Å². The van der Waals surface area contributed by atoms with E-state index in [-0.39, 0.29) is 0 Å². The van der Waals surface area contributed by atoms with Crippen molar-refractivity contribution in [2.75, 3.05) is 0 Å². The highest BCUT2D eigenvalue weighted by atomic mass is 16.5. The van der Waals surface area contributed by atoms with Crippen LogP contribution in [0.25, 0.3) is 0 Å². The van der Waals surface area contributed by atoms with Crippen LogP contribution in [-0.2, 0) is 6.54 Å². The zero-order valence-electron chi connectivity index (χ0n) is 6.82. The second-order valence-electron chi connectivity index (χ2n) is 3.25. The normalized spacial score (nSPS) is 21.9. The molecule has 0 aromatic carbocycles. The molecule has 0 amide bonds. The zero-order chi connectivity index (χ0) is 7.84. The van der Waals surface area contributed by atoms with Crippen LogP contribution in [0.1, 0.15) is 13.8 Å². The van der Waals surface area contributed by atoms with Gasteiger partial charge in [0.2, 0.25) is 5.88 Å². The van der Waals surface area contributed by atoms with E-state index in [2.05, 4.69) is 18.9 Å². The molecule has 1 aliphatic rings. The van der Waals surface area contributed by atoms with Crippen molar-refractivity contribution in [3.8, 4) is 5.88 Å². The standard InChI is InChI=1S/C8H12N2O/c1-6(2)7-5-10-8(11-7)3-4-9-10/h3-4,6-7H,5H2,1-2H3. The Kier molecular flexibility index (Phi) is 1.37. The Morgan fingerprint density at radius 2 is 2.55 bits per heavy atom. The van der Waals surface area contributed by atoms with Gasteiger partial charge in [-0.3, -0.25) is 0 Å². The van der Waals surface area contributed by atoms with Crippen LogP contribution in [0.5, 0.6) is 5.88 Å². The molecule has 3 heteroatoms. The van der Waals surface area contributed by atoms with Gasteiger partial charge in [-0.05, 0) is 5.92 Å². The molecular weight excluding hydrogens is 140 g/mol. The number of aromatic nitrogens is 2. The Morgan fingerprint density at radius 3 is 3.18 bits per heavy atom. The monoisotopic (exact) mass is 152 g/mol. The summed E-state index contributed by atoms with van der Waals surface area (Å²) >= 11 is 0. The summed E-state index contributed by atoms with van der Waals surface area (Å²) in [4.78, 5) is 0. The molecule has 0 radical (unpaired) electrons. The smallest absolute Gasteiger partial charge is 0.212 e. The second kappa shape index (κ2) is 2.26. The quantitative estimate of drug-likeness (QED) is 0.606. The Labute approximate surface area is 66.0 Å². The Bertz CT molecular complexity index is 234. The van der Waals surface area contributed by atoms with E-state index in [0.29, 0.717) is 12.0 Å². The van der Waals surface area contributed by atoms with Crippen molar-refractivity contribution in [3.63, 3.8) is 0 Å². The van der Waals surface area contributed by atoms with Crippen molar-refractivity contribution < 1.29 is 4.74 Å². The third-order valence-electron chi connectivity index (χ3n) is 2.05. The van der Waals surface area contributed by atoms with Crippen LogP contribution in [0.15, 0.2) is 12.3 Å². The van der Waals surface area contributed by atoms with Crippen molar-refractivity contribution in [2.24, 2.45) is 5.92 Å². The average molecular weight is 152 g/mol. The summed E-state index contributed by atoms with van der Waals surface area (Å²) in [6, 6.07) is 1.91. The van der Waals surface area contributed by atoms with Gasteiger partial charge in [0.1, 0.15) is 6.10 Å². The molecule has 0 saturated heterocycles. The zero-order valence-corrected chi connectivity index (χ0v) is 6.82. The van der Waals surface area contributed by atoms with Crippen LogP contribution in [0.3, 0.4) is 0 Å². The first-order valence-corrected chi connectivity index (χ1v) is 3.96. The highest BCUT2D eigenvalue weighted by Gasteiger charge is 2.25. The summed E-state index contributed by atoms with van der Waals surface area (Å²) in [5.74, 6) is 1.47. The maximum absolute atomic E-state index is 5.61. The Balaban J connectivity index is 2.16. The van der Waals surface area contributed by atoms with E-state index < -0.39 is 0 Å². The lowest BCUT2D eigenvalue weighted by molar-refractivity contribution is 0.176. The summed E-state index contributed by atoms with van der Waals surface area (Å²) in [5.41, 5.74) is 0. The summed E-state index contributed by atoms with van der Waals surface area (Å²) < 4.78 is 7.52. The van der Waals surface area contributed by atoms with E-state index in [4.69, 9.17) is 4.74 Å². The van der Waals surface area contributed by atoms with Crippen LogP contribution in [0.4, 0.5) is 0 Å². The lowest BCUT2D eigenvalue weighted by atomic mass is 10.1. The predicted molar refractivity (Wildman–Crippen MR) is 41.5 cm³/mol. The van der Waals surface area contributed by atoms with E-state index in [9.17, 15) is 0 Å². The van der Waals surface area contributed by atoms with Crippen LogP contribution >= 0.6 is 0 Å². The van der Waals surface area contributed by atoms with Crippen molar-refractivity contribution in [2.45, 2.75) is 26.5 Å². The minimum Gasteiger partial charge on any atom is -0.472 e. The molecule has 1 aromatic rings. The fourth-order valence-electron chi connectivity index (χ4n) is 1.27. The topological polar surface area (TPSA) is 27.1 Å². The molecular formula is C8H12N2O. The Hall–Kier alpha value is -0.990. The number of hydrogen-bond donors (Lipinski definition) is 0. The van der Waals surface area contributed by atoms with Crippen molar-refractivity contribution >= 4 is 0 Å². The number of fused-ring (bicyclic) bond motifs is 1. The molecule has 1 aromatic heterocycles. The first-order valence-electron chi connectivity index (χ1n) is 3.96. The third-order valence-corrected chi connectivity index (χ3v) is 2.05. The fraction of sp³-hybridized carbons (Fsp3) is 0.625. The number of rotatable bonds is 1. The third kappa shape index (κ3) is 1.00. The van der Waals surface area contributed by atoms with Crippen LogP contribution in [-0.4, -0.2) is 15.9 Å². The van der Waals surface area contributed by atoms with Crippen LogP contribution in [0, 0.1) is 5.92 Å². The van der Waals surface area contributed by atoms with Crippen molar-refractivity contribution in [1.82, 2.24) is 9.78 Å². The van der Waals surface area contributed by atoms with Crippen molar-refractivity contribution in [3.05, 3.63) is 12.3 Å². The number of nitrogens with zero attached hydrogens (tertiary/aromatic N) is 2. The molecule has 60 valence electrons. The number of hydrogen-bond acceptors (Lipinski definition) is 2. The summed E-state index contributed by atoms with van der Waals surface area (Å²) in [7, 11) is 0. The molecule has 0 bridgehead atoms. The highest BCUT2D eigenvalue weighted by Crippen LogP contribution is 2.23. The molecule has 0 saturated carbocycles. The van der Waals surface area contributed by atoms with E-state index in [1.807, 2.05) is 10.7 Å². The summed E-state index contributed by atoms with van der Waals surface area (Å²) in [6.07, 6.45) is 2.09. The molecule has 0 spiro atoms. The van der Waals surface area contributed by atoms with Gasteiger partial charge in [0, 0.05) is 6.07 Å². The molecule has 2 heterocycles. The Morgan fingerprint density at radius 1 is 1.73 bits per heavy atom. The molecule has 11 heavy (non-hydrogen) atoms. The first-order chi connectivity index (χ1) is 5.27. The second-order valence-corrected chi connectivity index (χ2v) is 3.25. The van der Waals surface area contributed by atoms with Crippen LogP contribution < -0.4 is 4.74 Å². The largest absolute Gasteiger partial charge is 0.472 e. The fourth-order valence-corrected chi connectivity index (χ4v) is 1.27. The van der Waals surface area contributed by atoms with Gasteiger partial charge in [0.05, 0.1) is 12.7 Å². The number of ether oxygens (including phenoxy) is 1. The van der Waals surface area contributed by atoms with E-state index in [0.717, 1.165) is 12.4 Å². The van der Waals surface area contributed by atoms with Crippen molar-refractivity contribution in [1.29, 1.82) is 0 Å². The highest BCUT2D eigenvalue weighted by molar-refractivity contribution is 5.11. The average Bonchev–Trinajstić information content (AvgIpc) is 2.40. The molecule has 3 nitrogen and oxygen atoms in total. The minimum atomic E-state index is 0.318. The molecule has 1 aliphatic heterocycles. The molecule has 0 N–H and O–H groups in total. The predicted octanol–water partition coefficient (Wildman–Crippen LogP) is 1.30. The van der Waals surface area contributed by atoms with Gasteiger partial charge in [0.25, 0.3) is 0 Å². The molecule has 0 aliphatic carbocycles. The van der Waals surface area contributed by atoms with Gasteiger partial charge < -0.3 is 4.74 Å².